The minimum atomic E-state index is 0.160. The molecule has 2 heterocycles. The van der Waals surface area contributed by atoms with Crippen molar-refractivity contribution < 1.29 is 14.6 Å². The van der Waals surface area contributed by atoms with Crippen LogP contribution in [0.4, 0.5) is 5.69 Å². The number of piperazine rings is 2. The first-order valence-electron chi connectivity index (χ1n) is 10.5. The van der Waals surface area contributed by atoms with Crippen molar-refractivity contribution in [2.45, 2.75) is 25.3 Å². The van der Waals surface area contributed by atoms with Crippen molar-refractivity contribution in [1.82, 2.24) is 14.7 Å². The average Bonchev–Trinajstić information content (AvgIpc) is 2.68. The minimum absolute atomic E-state index is 0.160. The summed E-state index contributed by atoms with van der Waals surface area (Å²) in [5.41, 5.74) is 1.05. The molecule has 3 aliphatic rings. The molecule has 1 amide bonds. The van der Waals surface area contributed by atoms with Crippen molar-refractivity contribution in [3.8, 4) is 11.5 Å². The van der Waals surface area contributed by atoms with Crippen LogP contribution in [0.1, 0.15) is 19.3 Å². The standard InChI is InChI=1S/C21H32N4O3/c1-28-20-15-18(5-6-19(20)26)24-9-7-22(8-10-24)16-21(27)25-13-11-23(12-14-25)17-3-2-4-17/h5-6,15,17,26H,2-4,7-14,16H2,1H3. The zero-order valence-electron chi connectivity index (χ0n) is 16.8. The molecule has 2 saturated heterocycles. The number of hydrogen-bond acceptors (Lipinski definition) is 6. The molecule has 0 radical (unpaired) electrons. The molecule has 1 aromatic carbocycles. The van der Waals surface area contributed by atoms with Crippen LogP contribution >= 0.6 is 0 Å². The van der Waals surface area contributed by atoms with Gasteiger partial charge in [0, 0.05) is 70.2 Å². The number of carbonyl (C=O) groups excluding carboxylic acids is 1. The van der Waals surface area contributed by atoms with Crippen LogP contribution < -0.4 is 9.64 Å². The van der Waals surface area contributed by atoms with E-state index in [0.717, 1.165) is 64.1 Å². The summed E-state index contributed by atoms with van der Waals surface area (Å²) < 4.78 is 5.21. The first-order valence-corrected chi connectivity index (χ1v) is 10.5. The van der Waals surface area contributed by atoms with Crippen molar-refractivity contribution in [3.05, 3.63) is 18.2 Å². The molecule has 0 bridgehead atoms. The number of phenols is 1. The molecule has 154 valence electrons. The lowest BCUT2D eigenvalue weighted by Gasteiger charge is -2.43. The van der Waals surface area contributed by atoms with E-state index in [1.165, 1.54) is 19.3 Å². The summed E-state index contributed by atoms with van der Waals surface area (Å²) in [5.74, 6) is 0.928. The Balaban J connectivity index is 1.22. The van der Waals surface area contributed by atoms with E-state index in [1.54, 1.807) is 13.2 Å². The molecule has 1 saturated carbocycles. The lowest BCUT2D eigenvalue weighted by molar-refractivity contribution is -0.134. The molecule has 2 aliphatic heterocycles. The molecular weight excluding hydrogens is 356 g/mol. The minimum Gasteiger partial charge on any atom is -0.504 e. The fourth-order valence-electron chi connectivity index (χ4n) is 4.41. The van der Waals surface area contributed by atoms with Crippen LogP contribution in [0.3, 0.4) is 0 Å². The molecule has 1 aromatic rings. The topological polar surface area (TPSA) is 59.5 Å². The highest BCUT2D eigenvalue weighted by Gasteiger charge is 2.30. The summed E-state index contributed by atoms with van der Waals surface area (Å²) in [6, 6.07) is 6.24. The van der Waals surface area contributed by atoms with Crippen LogP contribution in [-0.4, -0.2) is 97.8 Å². The van der Waals surface area contributed by atoms with Crippen molar-refractivity contribution in [2.75, 3.05) is 70.9 Å². The van der Waals surface area contributed by atoms with Gasteiger partial charge in [-0.05, 0) is 25.0 Å². The largest absolute Gasteiger partial charge is 0.504 e. The lowest BCUT2D eigenvalue weighted by atomic mass is 9.91. The summed E-state index contributed by atoms with van der Waals surface area (Å²) in [6.07, 6.45) is 4.04. The molecule has 7 heteroatoms. The molecule has 0 unspecified atom stereocenters. The quantitative estimate of drug-likeness (QED) is 0.819. The van der Waals surface area contributed by atoms with Crippen LogP contribution in [-0.2, 0) is 4.79 Å². The molecular formula is C21H32N4O3. The molecule has 0 atom stereocenters. The van der Waals surface area contributed by atoms with Crippen LogP contribution in [0.2, 0.25) is 0 Å². The van der Waals surface area contributed by atoms with Gasteiger partial charge in [-0.25, -0.2) is 0 Å². The van der Waals surface area contributed by atoms with Gasteiger partial charge in [-0.3, -0.25) is 14.6 Å². The zero-order chi connectivity index (χ0) is 19.5. The third kappa shape index (κ3) is 4.20. The summed E-state index contributed by atoms with van der Waals surface area (Å²) in [6.45, 7) is 7.84. The second-order valence-corrected chi connectivity index (χ2v) is 8.12. The second-order valence-electron chi connectivity index (χ2n) is 8.12. The Labute approximate surface area is 167 Å². The number of nitrogens with zero attached hydrogens (tertiary/aromatic N) is 4. The van der Waals surface area contributed by atoms with E-state index in [9.17, 15) is 9.90 Å². The van der Waals surface area contributed by atoms with Gasteiger partial charge in [0.25, 0.3) is 0 Å². The number of methoxy groups -OCH3 is 1. The van der Waals surface area contributed by atoms with Crippen LogP contribution in [0.5, 0.6) is 11.5 Å². The van der Waals surface area contributed by atoms with Gasteiger partial charge in [0.2, 0.25) is 5.91 Å². The number of phenolic OH excluding ortho intramolecular Hbond substituents is 1. The van der Waals surface area contributed by atoms with Gasteiger partial charge in [0.15, 0.2) is 11.5 Å². The number of rotatable bonds is 5. The maximum atomic E-state index is 12.7. The van der Waals surface area contributed by atoms with Crippen LogP contribution in [0.15, 0.2) is 18.2 Å². The molecule has 1 aliphatic carbocycles. The van der Waals surface area contributed by atoms with Gasteiger partial charge in [-0.2, -0.15) is 0 Å². The fourth-order valence-corrected chi connectivity index (χ4v) is 4.41. The first-order chi connectivity index (χ1) is 13.6. The average molecular weight is 389 g/mol. The van der Waals surface area contributed by atoms with Gasteiger partial charge in [-0.15, -0.1) is 0 Å². The smallest absolute Gasteiger partial charge is 0.236 e. The molecule has 4 rings (SSSR count). The number of hydrogen-bond donors (Lipinski definition) is 1. The Hall–Kier alpha value is -1.99. The third-order valence-electron chi connectivity index (χ3n) is 6.52. The van der Waals surface area contributed by atoms with Crippen molar-refractivity contribution in [2.24, 2.45) is 0 Å². The van der Waals surface area contributed by atoms with E-state index in [-0.39, 0.29) is 11.7 Å². The highest BCUT2D eigenvalue weighted by atomic mass is 16.5. The van der Waals surface area contributed by atoms with E-state index < -0.39 is 0 Å². The molecule has 0 spiro atoms. The number of carbonyl (C=O) groups is 1. The highest BCUT2D eigenvalue weighted by molar-refractivity contribution is 5.78. The predicted molar refractivity (Wildman–Crippen MR) is 109 cm³/mol. The van der Waals surface area contributed by atoms with Crippen molar-refractivity contribution in [3.63, 3.8) is 0 Å². The Morgan fingerprint density at radius 2 is 1.79 bits per heavy atom. The lowest BCUT2D eigenvalue weighted by Crippen LogP contribution is -2.56. The zero-order valence-corrected chi connectivity index (χ0v) is 16.8. The van der Waals surface area contributed by atoms with Gasteiger partial charge in [0.1, 0.15) is 0 Å². The third-order valence-corrected chi connectivity index (χ3v) is 6.52. The van der Waals surface area contributed by atoms with E-state index >= 15 is 0 Å². The monoisotopic (exact) mass is 388 g/mol. The number of amides is 1. The molecule has 3 fully saturated rings. The van der Waals surface area contributed by atoms with Gasteiger partial charge in [0.05, 0.1) is 13.7 Å². The second kappa shape index (κ2) is 8.57. The van der Waals surface area contributed by atoms with Gasteiger partial charge < -0.3 is 19.6 Å². The van der Waals surface area contributed by atoms with E-state index in [2.05, 4.69) is 14.7 Å². The van der Waals surface area contributed by atoms with Gasteiger partial charge in [-0.1, -0.05) is 6.42 Å². The van der Waals surface area contributed by atoms with Crippen molar-refractivity contribution in [1.29, 1.82) is 0 Å². The van der Waals surface area contributed by atoms with E-state index in [0.29, 0.717) is 12.3 Å². The fraction of sp³-hybridized carbons (Fsp3) is 0.667. The summed E-state index contributed by atoms with van der Waals surface area (Å²) in [7, 11) is 1.56. The SMILES string of the molecule is COc1cc(N2CCN(CC(=O)N3CCN(C4CCC4)CC3)CC2)ccc1O. The number of anilines is 1. The molecule has 7 nitrogen and oxygen atoms in total. The normalized spacial score (nSPS) is 22.2. The Bertz CT molecular complexity index is 678. The number of ether oxygens (including phenoxy) is 1. The maximum absolute atomic E-state index is 12.7. The van der Waals surface area contributed by atoms with Crippen LogP contribution in [0.25, 0.3) is 0 Å². The summed E-state index contributed by atoms with van der Waals surface area (Å²) in [5, 5.41) is 9.77. The summed E-state index contributed by atoms with van der Waals surface area (Å²) >= 11 is 0. The van der Waals surface area contributed by atoms with Gasteiger partial charge >= 0.3 is 0 Å². The number of benzene rings is 1. The van der Waals surface area contributed by atoms with E-state index in [1.807, 2.05) is 17.0 Å². The summed E-state index contributed by atoms with van der Waals surface area (Å²) in [4.78, 5) is 21.9. The van der Waals surface area contributed by atoms with Crippen molar-refractivity contribution >= 4 is 11.6 Å². The first kappa shape index (κ1) is 19.3. The molecule has 28 heavy (non-hydrogen) atoms. The Morgan fingerprint density at radius 3 is 2.39 bits per heavy atom. The maximum Gasteiger partial charge on any atom is 0.236 e. The predicted octanol–water partition coefficient (Wildman–Crippen LogP) is 1.22. The highest BCUT2D eigenvalue weighted by Crippen LogP contribution is 2.31. The Kier molecular flexibility index (Phi) is 5.92. The Morgan fingerprint density at radius 1 is 1.07 bits per heavy atom. The van der Waals surface area contributed by atoms with E-state index in [4.69, 9.17) is 4.74 Å². The molecule has 0 aromatic heterocycles. The number of aromatic hydroxyl groups is 1. The molecule has 1 N–H and O–H groups in total. The van der Waals surface area contributed by atoms with Crippen LogP contribution in [0, 0.1) is 0 Å².